The van der Waals surface area contributed by atoms with Crippen LogP contribution in [0.25, 0.3) is 0 Å². The lowest BCUT2D eigenvalue weighted by Crippen LogP contribution is -2.16. The average molecular weight is 267 g/mol. The van der Waals surface area contributed by atoms with E-state index >= 15 is 0 Å². The first-order valence-electron chi connectivity index (χ1n) is 8.55. The van der Waals surface area contributed by atoms with Gasteiger partial charge in [-0.15, -0.1) is 0 Å². The molecule has 4 atom stereocenters. The number of allylic oxidation sites excluding steroid dienone is 1. The van der Waals surface area contributed by atoms with Gasteiger partial charge in [-0.2, -0.15) is 0 Å². The molecule has 0 amide bonds. The SMILES string of the molecule is C=C(C)C(C)CCCCC(C)C(C)C(C)CCCC. The van der Waals surface area contributed by atoms with E-state index in [9.17, 15) is 0 Å². The van der Waals surface area contributed by atoms with Crippen LogP contribution in [0.4, 0.5) is 0 Å². The quantitative estimate of drug-likeness (QED) is 0.283. The minimum atomic E-state index is 0.705. The maximum absolute atomic E-state index is 4.05. The highest BCUT2D eigenvalue weighted by Crippen LogP contribution is 2.28. The predicted octanol–water partition coefficient (Wildman–Crippen LogP) is 6.86. The van der Waals surface area contributed by atoms with Crippen molar-refractivity contribution in [1.29, 1.82) is 0 Å². The zero-order valence-electron chi connectivity index (χ0n) is 14.5. The molecule has 0 heterocycles. The molecule has 0 aromatic carbocycles. The van der Waals surface area contributed by atoms with Crippen molar-refractivity contribution < 1.29 is 0 Å². The van der Waals surface area contributed by atoms with Crippen molar-refractivity contribution in [2.75, 3.05) is 0 Å². The highest BCUT2D eigenvalue weighted by Gasteiger charge is 2.18. The molecule has 0 aliphatic heterocycles. The minimum absolute atomic E-state index is 0.705. The molecule has 0 radical (unpaired) electrons. The van der Waals surface area contributed by atoms with Crippen molar-refractivity contribution in [3.63, 3.8) is 0 Å². The van der Waals surface area contributed by atoms with Gasteiger partial charge in [-0.1, -0.05) is 85.3 Å². The van der Waals surface area contributed by atoms with Crippen LogP contribution < -0.4 is 0 Å². The van der Waals surface area contributed by atoms with Gasteiger partial charge < -0.3 is 0 Å². The first kappa shape index (κ1) is 18.7. The average Bonchev–Trinajstić information content (AvgIpc) is 2.39. The van der Waals surface area contributed by atoms with Crippen LogP contribution in [-0.4, -0.2) is 0 Å². The molecule has 0 aliphatic rings. The second-order valence-corrected chi connectivity index (χ2v) is 6.99. The van der Waals surface area contributed by atoms with Gasteiger partial charge in [0, 0.05) is 0 Å². The zero-order valence-corrected chi connectivity index (χ0v) is 14.5. The van der Waals surface area contributed by atoms with Crippen LogP contribution >= 0.6 is 0 Å². The lowest BCUT2D eigenvalue weighted by Gasteiger charge is -2.26. The lowest BCUT2D eigenvalue weighted by molar-refractivity contribution is 0.245. The Morgan fingerprint density at radius 2 is 1.32 bits per heavy atom. The second-order valence-electron chi connectivity index (χ2n) is 6.99. The molecular formula is C19H38. The van der Waals surface area contributed by atoms with Crippen LogP contribution in [0.2, 0.25) is 0 Å². The third kappa shape index (κ3) is 8.50. The van der Waals surface area contributed by atoms with E-state index in [1.54, 1.807) is 0 Å². The van der Waals surface area contributed by atoms with Crippen molar-refractivity contribution in [2.24, 2.45) is 23.7 Å². The molecule has 0 aliphatic carbocycles. The van der Waals surface area contributed by atoms with E-state index in [0.717, 1.165) is 17.8 Å². The fourth-order valence-corrected chi connectivity index (χ4v) is 2.78. The van der Waals surface area contributed by atoms with Crippen molar-refractivity contribution in [3.05, 3.63) is 12.2 Å². The Morgan fingerprint density at radius 1 is 0.842 bits per heavy atom. The molecule has 0 rings (SSSR count). The molecule has 0 aromatic heterocycles. The highest BCUT2D eigenvalue weighted by molar-refractivity contribution is 4.93. The molecule has 0 fully saturated rings. The van der Waals surface area contributed by atoms with Gasteiger partial charge in [0.05, 0.1) is 0 Å². The van der Waals surface area contributed by atoms with Gasteiger partial charge >= 0.3 is 0 Å². The Balaban J connectivity index is 3.78. The largest absolute Gasteiger partial charge is 0.0999 e. The predicted molar refractivity (Wildman–Crippen MR) is 89.5 cm³/mol. The number of hydrogen-bond acceptors (Lipinski definition) is 0. The van der Waals surface area contributed by atoms with Crippen LogP contribution in [0.15, 0.2) is 12.2 Å². The Bertz CT molecular complexity index is 228. The Hall–Kier alpha value is -0.260. The molecule has 4 unspecified atom stereocenters. The summed E-state index contributed by atoms with van der Waals surface area (Å²) < 4.78 is 0. The van der Waals surface area contributed by atoms with E-state index in [1.165, 1.54) is 50.5 Å². The van der Waals surface area contributed by atoms with E-state index in [0.29, 0.717) is 5.92 Å². The summed E-state index contributed by atoms with van der Waals surface area (Å²) in [7, 11) is 0. The van der Waals surface area contributed by atoms with E-state index < -0.39 is 0 Å². The third-order valence-corrected chi connectivity index (χ3v) is 5.20. The van der Waals surface area contributed by atoms with Crippen LogP contribution in [0.3, 0.4) is 0 Å². The first-order valence-corrected chi connectivity index (χ1v) is 8.55. The molecule has 0 heteroatoms. The molecular weight excluding hydrogens is 228 g/mol. The summed E-state index contributed by atoms with van der Waals surface area (Å²) >= 11 is 0. The van der Waals surface area contributed by atoms with Gasteiger partial charge in [-0.3, -0.25) is 0 Å². The van der Waals surface area contributed by atoms with Crippen LogP contribution in [0, 0.1) is 23.7 Å². The molecule has 0 nitrogen and oxygen atoms in total. The van der Waals surface area contributed by atoms with Crippen LogP contribution in [-0.2, 0) is 0 Å². The molecule has 0 saturated carbocycles. The van der Waals surface area contributed by atoms with Gasteiger partial charge in [0.2, 0.25) is 0 Å². The van der Waals surface area contributed by atoms with E-state index in [2.05, 4.69) is 48.1 Å². The van der Waals surface area contributed by atoms with Crippen LogP contribution in [0.1, 0.15) is 86.5 Å². The number of hydrogen-bond donors (Lipinski definition) is 0. The van der Waals surface area contributed by atoms with Gasteiger partial charge in [-0.25, -0.2) is 0 Å². The van der Waals surface area contributed by atoms with Crippen molar-refractivity contribution >= 4 is 0 Å². The summed E-state index contributed by atoms with van der Waals surface area (Å²) in [4.78, 5) is 0. The van der Waals surface area contributed by atoms with Gasteiger partial charge in [0.25, 0.3) is 0 Å². The van der Waals surface area contributed by atoms with Crippen LogP contribution in [0.5, 0.6) is 0 Å². The summed E-state index contributed by atoms with van der Waals surface area (Å²) in [5.74, 6) is 3.36. The lowest BCUT2D eigenvalue weighted by atomic mass is 9.80. The topological polar surface area (TPSA) is 0 Å². The molecule has 0 aromatic rings. The smallest absolute Gasteiger partial charge is 0.0237 e. The third-order valence-electron chi connectivity index (χ3n) is 5.20. The summed E-state index contributed by atoms with van der Waals surface area (Å²) in [6, 6.07) is 0. The second kappa shape index (κ2) is 10.5. The van der Waals surface area contributed by atoms with Crippen molar-refractivity contribution in [3.8, 4) is 0 Å². The number of unbranched alkanes of at least 4 members (excludes halogenated alkanes) is 2. The van der Waals surface area contributed by atoms with Gasteiger partial charge in [0.1, 0.15) is 0 Å². The maximum Gasteiger partial charge on any atom is -0.0237 e. The highest BCUT2D eigenvalue weighted by atomic mass is 14.2. The normalized spacial score (nSPS) is 17.8. The standard InChI is InChI=1S/C19H38/c1-8-9-12-17(5)19(7)18(6)14-11-10-13-16(4)15(2)3/h16-19H,2,8-14H2,1,3-7H3. The molecule has 19 heavy (non-hydrogen) atoms. The van der Waals surface area contributed by atoms with Crippen molar-refractivity contribution in [1.82, 2.24) is 0 Å². The number of rotatable bonds is 11. The van der Waals surface area contributed by atoms with Gasteiger partial charge in [-0.05, 0) is 37.0 Å². The van der Waals surface area contributed by atoms with Gasteiger partial charge in [0.15, 0.2) is 0 Å². The Morgan fingerprint density at radius 3 is 1.79 bits per heavy atom. The first-order chi connectivity index (χ1) is 8.90. The molecule has 114 valence electrons. The Labute approximate surface area is 123 Å². The molecule has 0 N–H and O–H groups in total. The Kier molecular flexibility index (Phi) is 10.4. The van der Waals surface area contributed by atoms with E-state index in [1.807, 2.05) is 0 Å². The maximum atomic E-state index is 4.05. The zero-order chi connectivity index (χ0) is 14.8. The summed E-state index contributed by atoms with van der Waals surface area (Å²) in [6.07, 6.45) is 9.63. The molecule has 0 spiro atoms. The summed E-state index contributed by atoms with van der Waals surface area (Å²) in [6.45, 7) is 18.2. The molecule has 0 bridgehead atoms. The summed E-state index contributed by atoms with van der Waals surface area (Å²) in [5, 5.41) is 0. The minimum Gasteiger partial charge on any atom is -0.0999 e. The summed E-state index contributed by atoms with van der Waals surface area (Å²) in [5.41, 5.74) is 1.34. The van der Waals surface area contributed by atoms with E-state index in [4.69, 9.17) is 0 Å². The monoisotopic (exact) mass is 266 g/mol. The fraction of sp³-hybridized carbons (Fsp3) is 0.895. The fourth-order valence-electron chi connectivity index (χ4n) is 2.78. The van der Waals surface area contributed by atoms with Crippen molar-refractivity contribution in [2.45, 2.75) is 86.5 Å². The van der Waals surface area contributed by atoms with E-state index in [-0.39, 0.29) is 0 Å². The molecule has 0 saturated heterocycles.